The number of rotatable bonds is 39. The van der Waals surface area contributed by atoms with E-state index in [9.17, 15) is 19.0 Å². The predicted molar refractivity (Wildman–Crippen MR) is 215 cm³/mol. The maximum Gasteiger partial charge on any atom is 0.472 e. The summed E-state index contributed by atoms with van der Waals surface area (Å²) in [5.74, 6) is -0.847. The largest absolute Gasteiger partial charge is 0.472 e. The maximum atomic E-state index is 12.6. The lowest BCUT2D eigenvalue weighted by atomic mass is 10.0. The van der Waals surface area contributed by atoms with E-state index >= 15 is 0 Å². The van der Waals surface area contributed by atoms with Crippen LogP contribution in [0.15, 0.2) is 12.2 Å². The highest BCUT2D eigenvalue weighted by molar-refractivity contribution is 7.47. The molecule has 0 aliphatic carbocycles. The molecule has 1 N–H and O–H groups in total. The van der Waals surface area contributed by atoms with Crippen LogP contribution in [0.4, 0.5) is 0 Å². The van der Waals surface area contributed by atoms with Crippen molar-refractivity contribution in [2.45, 2.75) is 200 Å². The van der Waals surface area contributed by atoms with Crippen LogP contribution in [0, 0.1) is 0 Å². The molecule has 308 valence electrons. The number of unbranched alkanes of at least 4 members (excludes halogenated alkanes) is 23. The van der Waals surface area contributed by atoms with E-state index in [1.165, 1.54) is 128 Å². The summed E-state index contributed by atoms with van der Waals surface area (Å²) in [4.78, 5) is 35.2. The third kappa shape index (κ3) is 38.5. The number of nitrogens with zero attached hydrogens (tertiary/aromatic N) is 1. The van der Waals surface area contributed by atoms with Gasteiger partial charge in [0.1, 0.15) is 19.8 Å². The van der Waals surface area contributed by atoms with Gasteiger partial charge in [0.15, 0.2) is 6.10 Å². The lowest BCUT2D eigenvalue weighted by Gasteiger charge is -2.24. The van der Waals surface area contributed by atoms with Crippen molar-refractivity contribution in [3.63, 3.8) is 0 Å². The van der Waals surface area contributed by atoms with Crippen molar-refractivity contribution >= 4 is 19.8 Å². The second-order valence-corrected chi connectivity index (χ2v) is 17.2. The first kappa shape index (κ1) is 50.8. The number of phosphoric ester groups is 1. The molecule has 10 heteroatoms. The van der Waals surface area contributed by atoms with Gasteiger partial charge in [0.25, 0.3) is 0 Å². The summed E-state index contributed by atoms with van der Waals surface area (Å²) in [7, 11) is 1.47. The molecule has 0 aromatic carbocycles. The van der Waals surface area contributed by atoms with Gasteiger partial charge < -0.3 is 18.9 Å². The molecule has 0 saturated carbocycles. The Morgan fingerprint density at radius 2 is 1.02 bits per heavy atom. The lowest BCUT2D eigenvalue weighted by Crippen LogP contribution is -2.37. The summed E-state index contributed by atoms with van der Waals surface area (Å²) < 4.78 is 34.2. The Labute approximate surface area is 320 Å². The van der Waals surface area contributed by atoms with Crippen LogP contribution >= 0.6 is 7.82 Å². The van der Waals surface area contributed by atoms with Crippen LogP contribution in [0.5, 0.6) is 0 Å². The number of esters is 2. The van der Waals surface area contributed by atoms with E-state index in [0.29, 0.717) is 17.4 Å². The van der Waals surface area contributed by atoms with Gasteiger partial charge in [-0.15, -0.1) is 0 Å². The topological polar surface area (TPSA) is 108 Å². The van der Waals surface area contributed by atoms with Crippen LogP contribution in [0.2, 0.25) is 0 Å². The van der Waals surface area contributed by atoms with Gasteiger partial charge >= 0.3 is 19.8 Å². The molecule has 0 radical (unpaired) electrons. The first-order chi connectivity index (χ1) is 25.0. The quantitative estimate of drug-likeness (QED) is 0.0217. The van der Waals surface area contributed by atoms with Crippen molar-refractivity contribution in [3.05, 3.63) is 12.2 Å². The summed E-state index contributed by atoms with van der Waals surface area (Å²) in [6.07, 6.45) is 35.5. The summed E-state index contributed by atoms with van der Waals surface area (Å²) in [6.45, 7) is 4.39. The Bertz CT molecular complexity index is 907. The number of phosphoric acid groups is 1. The molecular weight excluding hydrogens is 677 g/mol. The highest BCUT2D eigenvalue weighted by atomic mass is 31.2. The number of quaternary nitrogens is 1. The average molecular weight is 761 g/mol. The molecule has 0 aliphatic rings. The van der Waals surface area contributed by atoms with Gasteiger partial charge in [0.05, 0.1) is 27.7 Å². The predicted octanol–water partition coefficient (Wildman–Crippen LogP) is 11.8. The molecule has 0 aliphatic heterocycles. The van der Waals surface area contributed by atoms with E-state index in [2.05, 4.69) is 19.9 Å². The molecule has 0 bridgehead atoms. The fourth-order valence-electron chi connectivity index (χ4n) is 5.91. The van der Waals surface area contributed by atoms with Crippen molar-refractivity contribution in [2.24, 2.45) is 0 Å². The number of carbonyl (C=O) groups is 2. The highest BCUT2D eigenvalue weighted by Gasteiger charge is 2.27. The van der Waals surface area contributed by atoms with Crippen molar-refractivity contribution in [3.8, 4) is 0 Å². The Kier molecular flexibility index (Phi) is 34.6. The Morgan fingerprint density at radius 3 is 1.50 bits per heavy atom. The van der Waals surface area contributed by atoms with E-state index in [0.717, 1.165) is 32.1 Å². The lowest BCUT2D eigenvalue weighted by molar-refractivity contribution is -0.870. The summed E-state index contributed by atoms with van der Waals surface area (Å²) in [5.41, 5.74) is 0. The van der Waals surface area contributed by atoms with Gasteiger partial charge in [-0.25, -0.2) is 4.57 Å². The molecule has 52 heavy (non-hydrogen) atoms. The van der Waals surface area contributed by atoms with Crippen LogP contribution in [0.25, 0.3) is 0 Å². The number of ether oxygens (including phenoxy) is 2. The first-order valence-corrected chi connectivity index (χ1v) is 22.9. The first-order valence-electron chi connectivity index (χ1n) is 21.4. The van der Waals surface area contributed by atoms with E-state index in [1.54, 1.807) is 0 Å². The fourth-order valence-corrected chi connectivity index (χ4v) is 6.66. The third-order valence-corrected chi connectivity index (χ3v) is 10.3. The third-order valence-electron chi connectivity index (χ3n) is 9.31. The SMILES string of the molecule is CCCCCCCCCCCCC/C=C\CCC(=O)OC(COC(=O)CCCCCCCCCCCCCCC)COP(=O)(O)OCC[N+](C)(C)C. The summed E-state index contributed by atoms with van der Waals surface area (Å²) >= 11 is 0. The van der Waals surface area contributed by atoms with Crippen molar-refractivity contribution in [1.82, 2.24) is 0 Å². The maximum absolute atomic E-state index is 12.6. The number of hydrogen-bond acceptors (Lipinski definition) is 7. The minimum Gasteiger partial charge on any atom is -0.462 e. The molecule has 0 heterocycles. The molecule has 0 aromatic heterocycles. The summed E-state index contributed by atoms with van der Waals surface area (Å²) in [6, 6.07) is 0. The van der Waals surface area contributed by atoms with Crippen molar-refractivity contribution in [1.29, 1.82) is 0 Å². The number of hydrogen-bond donors (Lipinski definition) is 1. The smallest absolute Gasteiger partial charge is 0.462 e. The standard InChI is InChI=1S/C42H82NO8P/c1-6-8-10-12-14-16-18-20-21-23-25-27-29-31-33-35-42(45)51-40(39-50-52(46,47)49-37-36-43(3,4)5)38-48-41(44)34-32-30-28-26-24-22-19-17-15-13-11-9-7-2/h29,31,40H,6-28,30,32-39H2,1-5H3/p+1/b31-29-. The zero-order chi connectivity index (χ0) is 38.6. The Hall–Kier alpha value is -1.25. The molecule has 2 atom stereocenters. The molecule has 0 saturated heterocycles. The molecule has 0 amide bonds. The number of allylic oxidation sites excluding steroid dienone is 2. The molecule has 0 aromatic rings. The van der Waals surface area contributed by atoms with Crippen molar-refractivity contribution < 1.29 is 42.1 Å². The normalized spacial score (nSPS) is 13.7. The second-order valence-electron chi connectivity index (χ2n) is 15.7. The minimum absolute atomic E-state index is 0.0291. The van der Waals surface area contributed by atoms with Gasteiger partial charge in [-0.05, 0) is 25.7 Å². The number of carbonyl (C=O) groups excluding carboxylic acids is 2. The molecule has 0 fully saturated rings. The zero-order valence-corrected chi connectivity index (χ0v) is 35.5. The molecule has 9 nitrogen and oxygen atoms in total. The van der Waals surface area contributed by atoms with Crippen LogP contribution in [-0.4, -0.2) is 74.9 Å². The Balaban J connectivity index is 4.40. The minimum atomic E-state index is -4.37. The van der Waals surface area contributed by atoms with Crippen LogP contribution in [0.3, 0.4) is 0 Å². The average Bonchev–Trinajstić information content (AvgIpc) is 3.09. The van der Waals surface area contributed by atoms with E-state index in [4.69, 9.17) is 18.5 Å². The van der Waals surface area contributed by atoms with E-state index in [1.807, 2.05) is 27.2 Å². The van der Waals surface area contributed by atoms with Crippen LogP contribution in [0.1, 0.15) is 194 Å². The van der Waals surface area contributed by atoms with Gasteiger partial charge in [-0.1, -0.05) is 167 Å². The Morgan fingerprint density at radius 1 is 0.577 bits per heavy atom. The number of likely N-dealkylation sites (N-methyl/N-ethyl adjacent to an activating group) is 1. The molecule has 2 unspecified atom stereocenters. The molecule has 0 spiro atoms. The van der Waals surface area contributed by atoms with Gasteiger partial charge in [-0.2, -0.15) is 0 Å². The van der Waals surface area contributed by atoms with Gasteiger partial charge in [0, 0.05) is 12.8 Å². The zero-order valence-electron chi connectivity index (χ0n) is 34.6. The summed E-state index contributed by atoms with van der Waals surface area (Å²) in [5, 5.41) is 0. The van der Waals surface area contributed by atoms with Crippen LogP contribution < -0.4 is 0 Å². The van der Waals surface area contributed by atoms with Crippen molar-refractivity contribution in [2.75, 3.05) is 47.5 Å². The molecule has 0 rings (SSSR count). The van der Waals surface area contributed by atoms with Crippen LogP contribution in [-0.2, 0) is 32.7 Å². The monoisotopic (exact) mass is 761 g/mol. The van der Waals surface area contributed by atoms with Gasteiger partial charge in [-0.3, -0.25) is 18.6 Å². The second kappa shape index (κ2) is 35.5. The van der Waals surface area contributed by atoms with Gasteiger partial charge in [0.2, 0.25) is 0 Å². The fraction of sp³-hybridized carbons (Fsp3) is 0.905. The highest BCUT2D eigenvalue weighted by Crippen LogP contribution is 2.43. The van der Waals surface area contributed by atoms with E-state index < -0.39 is 26.5 Å². The van der Waals surface area contributed by atoms with E-state index in [-0.39, 0.29) is 32.0 Å². The molecular formula is C42H83NO8P+.